The standard InChI is InChI=1S/C19H20N4O3/c1-25-17-18(22-9-8-21-17)26-15-3-2-10-23(12-15)19(24)14-5-4-13-6-7-20-16(13)11-14/h4-9,11,15,20H,2-3,10,12H2,1H3/t15-/m1/s1. The first kappa shape index (κ1) is 16.4. The van der Waals surface area contributed by atoms with Crippen molar-refractivity contribution in [2.45, 2.75) is 18.9 Å². The minimum absolute atomic E-state index is 0.0147. The van der Waals surface area contributed by atoms with Crippen LogP contribution in [0.1, 0.15) is 23.2 Å². The van der Waals surface area contributed by atoms with Crippen molar-refractivity contribution in [3.05, 3.63) is 48.4 Å². The molecule has 3 heterocycles. The lowest BCUT2D eigenvalue weighted by Crippen LogP contribution is -2.44. The number of carbonyl (C=O) groups excluding carboxylic acids is 1. The van der Waals surface area contributed by atoms with Gasteiger partial charge in [0, 0.05) is 36.2 Å². The largest absolute Gasteiger partial charge is 0.477 e. The number of piperidine rings is 1. The molecule has 3 aromatic rings. The van der Waals surface area contributed by atoms with E-state index >= 15 is 0 Å². The van der Waals surface area contributed by atoms with Crippen LogP contribution < -0.4 is 9.47 Å². The van der Waals surface area contributed by atoms with E-state index in [1.807, 2.05) is 35.4 Å². The van der Waals surface area contributed by atoms with Crippen LogP contribution >= 0.6 is 0 Å². The Morgan fingerprint density at radius 1 is 1.23 bits per heavy atom. The fourth-order valence-electron chi connectivity index (χ4n) is 3.27. The molecule has 0 radical (unpaired) electrons. The smallest absolute Gasteiger partial charge is 0.278 e. The van der Waals surface area contributed by atoms with Crippen molar-refractivity contribution in [3.63, 3.8) is 0 Å². The summed E-state index contributed by atoms with van der Waals surface area (Å²) in [5.74, 6) is 0.733. The number of nitrogens with zero attached hydrogens (tertiary/aromatic N) is 3. The first-order valence-electron chi connectivity index (χ1n) is 8.62. The number of benzene rings is 1. The lowest BCUT2D eigenvalue weighted by Gasteiger charge is -2.32. The molecular weight excluding hydrogens is 332 g/mol. The van der Waals surface area contributed by atoms with Gasteiger partial charge in [-0.15, -0.1) is 0 Å². The van der Waals surface area contributed by atoms with Crippen LogP contribution in [0.25, 0.3) is 10.9 Å². The van der Waals surface area contributed by atoms with Crippen LogP contribution in [-0.4, -0.2) is 52.1 Å². The van der Waals surface area contributed by atoms with Gasteiger partial charge in [0.2, 0.25) is 0 Å². The summed E-state index contributed by atoms with van der Waals surface area (Å²) in [5, 5.41) is 1.09. The molecule has 1 saturated heterocycles. The van der Waals surface area contributed by atoms with Crippen LogP contribution in [0.3, 0.4) is 0 Å². The Labute approximate surface area is 151 Å². The third kappa shape index (κ3) is 3.20. The van der Waals surface area contributed by atoms with E-state index in [2.05, 4.69) is 15.0 Å². The zero-order chi connectivity index (χ0) is 17.9. The fourth-order valence-corrected chi connectivity index (χ4v) is 3.27. The van der Waals surface area contributed by atoms with E-state index in [9.17, 15) is 4.79 Å². The van der Waals surface area contributed by atoms with Gasteiger partial charge in [0.1, 0.15) is 6.10 Å². The SMILES string of the molecule is COc1nccnc1O[C@@H]1CCCN(C(=O)c2ccc3cc[nH]c3c2)C1. The third-order valence-electron chi connectivity index (χ3n) is 4.57. The summed E-state index contributed by atoms with van der Waals surface area (Å²) in [7, 11) is 1.53. The number of hydrogen-bond donors (Lipinski definition) is 1. The van der Waals surface area contributed by atoms with Gasteiger partial charge >= 0.3 is 0 Å². The molecular formula is C19H20N4O3. The van der Waals surface area contributed by atoms with E-state index in [0.29, 0.717) is 23.9 Å². The topological polar surface area (TPSA) is 80.3 Å². The number of rotatable bonds is 4. The molecule has 1 aliphatic heterocycles. The highest BCUT2D eigenvalue weighted by Gasteiger charge is 2.27. The molecule has 1 amide bonds. The second-order valence-corrected chi connectivity index (χ2v) is 6.28. The second kappa shape index (κ2) is 7.03. The van der Waals surface area contributed by atoms with Gasteiger partial charge < -0.3 is 19.4 Å². The van der Waals surface area contributed by atoms with Gasteiger partial charge in [-0.3, -0.25) is 4.79 Å². The van der Waals surface area contributed by atoms with Crippen LogP contribution in [0.4, 0.5) is 0 Å². The summed E-state index contributed by atoms with van der Waals surface area (Å²) in [4.78, 5) is 26.1. The predicted molar refractivity (Wildman–Crippen MR) is 96.4 cm³/mol. The number of nitrogens with one attached hydrogen (secondary N) is 1. The monoisotopic (exact) mass is 352 g/mol. The van der Waals surface area contributed by atoms with Gasteiger partial charge in [0.25, 0.3) is 17.7 Å². The quantitative estimate of drug-likeness (QED) is 0.781. The minimum atomic E-state index is -0.132. The maximum atomic E-state index is 12.9. The highest BCUT2D eigenvalue weighted by molar-refractivity contribution is 5.98. The Kier molecular flexibility index (Phi) is 4.43. The average Bonchev–Trinajstić information content (AvgIpc) is 3.16. The van der Waals surface area contributed by atoms with E-state index in [0.717, 1.165) is 30.3 Å². The summed E-state index contributed by atoms with van der Waals surface area (Å²) in [5.41, 5.74) is 1.64. The molecule has 1 fully saturated rings. The predicted octanol–water partition coefficient (Wildman–Crippen LogP) is 2.65. The summed E-state index contributed by atoms with van der Waals surface area (Å²) in [6.45, 7) is 1.24. The summed E-state index contributed by atoms with van der Waals surface area (Å²) in [6, 6.07) is 7.71. The molecule has 134 valence electrons. The summed E-state index contributed by atoms with van der Waals surface area (Å²) >= 11 is 0. The lowest BCUT2D eigenvalue weighted by molar-refractivity contribution is 0.0519. The van der Waals surface area contributed by atoms with Crippen molar-refractivity contribution < 1.29 is 14.3 Å². The Bertz CT molecular complexity index is 924. The molecule has 0 aliphatic carbocycles. The van der Waals surface area contributed by atoms with Crippen LogP contribution in [0.2, 0.25) is 0 Å². The molecule has 1 aromatic carbocycles. The number of methoxy groups -OCH3 is 1. The number of carbonyl (C=O) groups is 1. The number of hydrogen-bond acceptors (Lipinski definition) is 5. The number of aromatic nitrogens is 3. The first-order valence-corrected chi connectivity index (χ1v) is 8.62. The Balaban J connectivity index is 1.48. The van der Waals surface area contributed by atoms with E-state index < -0.39 is 0 Å². The average molecular weight is 352 g/mol. The maximum absolute atomic E-state index is 12.9. The molecule has 26 heavy (non-hydrogen) atoms. The Morgan fingerprint density at radius 3 is 2.92 bits per heavy atom. The van der Waals surface area contributed by atoms with Crippen molar-refractivity contribution >= 4 is 16.8 Å². The maximum Gasteiger partial charge on any atom is 0.278 e. The van der Waals surface area contributed by atoms with Crippen LogP contribution in [0, 0.1) is 0 Å². The molecule has 4 rings (SSSR count). The van der Waals surface area contributed by atoms with Crippen molar-refractivity contribution in [2.24, 2.45) is 0 Å². The van der Waals surface area contributed by atoms with Crippen molar-refractivity contribution in [2.75, 3.05) is 20.2 Å². The molecule has 7 heteroatoms. The van der Waals surface area contributed by atoms with Crippen LogP contribution in [-0.2, 0) is 0 Å². The molecule has 1 aliphatic rings. The number of amides is 1. The molecule has 7 nitrogen and oxygen atoms in total. The van der Waals surface area contributed by atoms with Crippen molar-refractivity contribution in [1.82, 2.24) is 19.9 Å². The van der Waals surface area contributed by atoms with Crippen molar-refractivity contribution in [1.29, 1.82) is 0 Å². The van der Waals surface area contributed by atoms with Gasteiger partial charge in [0.15, 0.2) is 0 Å². The fraction of sp³-hybridized carbons (Fsp3) is 0.316. The van der Waals surface area contributed by atoms with Crippen LogP contribution in [0.15, 0.2) is 42.9 Å². The molecule has 0 saturated carbocycles. The molecule has 2 aromatic heterocycles. The number of fused-ring (bicyclic) bond motifs is 1. The normalized spacial score (nSPS) is 17.3. The summed E-state index contributed by atoms with van der Waals surface area (Å²) < 4.78 is 11.1. The Morgan fingerprint density at radius 2 is 2.08 bits per heavy atom. The highest BCUT2D eigenvalue weighted by Crippen LogP contribution is 2.25. The first-order chi connectivity index (χ1) is 12.7. The van der Waals surface area contributed by atoms with Gasteiger partial charge in [-0.05, 0) is 36.4 Å². The van der Waals surface area contributed by atoms with E-state index in [1.54, 1.807) is 12.4 Å². The number of aromatic amines is 1. The highest BCUT2D eigenvalue weighted by atomic mass is 16.5. The van der Waals surface area contributed by atoms with E-state index in [4.69, 9.17) is 9.47 Å². The molecule has 0 bridgehead atoms. The zero-order valence-corrected chi connectivity index (χ0v) is 14.5. The van der Waals surface area contributed by atoms with Gasteiger partial charge in [-0.1, -0.05) is 6.07 Å². The number of ether oxygens (including phenoxy) is 2. The van der Waals surface area contributed by atoms with Gasteiger partial charge in [0.05, 0.1) is 13.7 Å². The van der Waals surface area contributed by atoms with Gasteiger partial charge in [-0.25, -0.2) is 9.97 Å². The van der Waals surface area contributed by atoms with Crippen LogP contribution in [0.5, 0.6) is 11.8 Å². The molecule has 0 unspecified atom stereocenters. The molecule has 0 spiro atoms. The van der Waals surface area contributed by atoms with E-state index in [1.165, 1.54) is 7.11 Å². The van der Waals surface area contributed by atoms with E-state index in [-0.39, 0.29) is 12.0 Å². The second-order valence-electron chi connectivity index (χ2n) is 6.28. The van der Waals surface area contributed by atoms with Gasteiger partial charge in [-0.2, -0.15) is 0 Å². The van der Waals surface area contributed by atoms with Crippen molar-refractivity contribution in [3.8, 4) is 11.8 Å². The lowest BCUT2D eigenvalue weighted by atomic mass is 10.1. The zero-order valence-electron chi connectivity index (χ0n) is 14.5. The molecule has 1 N–H and O–H groups in total. The number of H-pyrrole nitrogens is 1. The summed E-state index contributed by atoms with van der Waals surface area (Å²) in [6.07, 6.45) is 6.60. The minimum Gasteiger partial charge on any atom is -0.477 e. The number of likely N-dealkylation sites (tertiary alicyclic amines) is 1. The third-order valence-corrected chi connectivity index (χ3v) is 4.57. The Hall–Kier alpha value is -3.09. The molecule has 1 atom stereocenters.